The van der Waals surface area contributed by atoms with E-state index in [9.17, 15) is 0 Å². The summed E-state index contributed by atoms with van der Waals surface area (Å²) in [7, 11) is 7.50. The molecule has 0 amide bonds. The minimum atomic E-state index is 0.496. The molecule has 1 aliphatic carbocycles. The molecule has 0 bridgehead atoms. The molecule has 0 saturated heterocycles. The predicted octanol–water partition coefficient (Wildman–Crippen LogP) is 1.49. The van der Waals surface area contributed by atoms with E-state index in [1.54, 1.807) is 14.2 Å². The second-order valence-electron chi connectivity index (χ2n) is 6.46. The normalized spacial score (nSPS) is 16.1. The highest BCUT2D eigenvalue weighted by Crippen LogP contribution is 2.34. The van der Waals surface area contributed by atoms with E-state index in [0.717, 1.165) is 42.5 Å². The van der Waals surface area contributed by atoms with Gasteiger partial charge in [-0.2, -0.15) is 0 Å². The third kappa shape index (κ3) is 5.30. The van der Waals surface area contributed by atoms with Crippen LogP contribution in [0.1, 0.15) is 18.4 Å². The smallest absolute Gasteiger partial charge is 0.188 e. The van der Waals surface area contributed by atoms with Crippen molar-refractivity contribution >= 4 is 5.96 Å². The summed E-state index contributed by atoms with van der Waals surface area (Å²) in [6.07, 6.45) is 3.46. The first kappa shape index (κ1) is 18.4. The number of guanidine groups is 1. The van der Waals surface area contributed by atoms with Gasteiger partial charge >= 0.3 is 0 Å². The van der Waals surface area contributed by atoms with Gasteiger partial charge in [0, 0.05) is 12.6 Å². The van der Waals surface area contributed by atoms with E-state index in [4.69, 9.17) is 15.2 Å². The first-order valence-electron chi connectivity index (χ1n) is 8.46. The molecule has 1 fully saturated rings. The lowest BCUT2D eigenvalue weighted by Gasteiger charge is -2.22. The number of benzene rings is 1. The number of hydrogen-bond donors (Lipinski definition) is 2. The maximum absolute atomic E-state index is 5.98. The standard InChI is InChI=1S/C18H30N4O2/c1-22(2)15(14-6-7-14)12-21-18(19)20-10-9-13-5-8-16(23-3)17(11-13)24-4/h5,8,11,14-15H,6-7,9-10,12H2,1-4H3,(H3,19,20,21). The Morgan fingerprint density at radius 3 is 2.58 bits per heavy atom. The van der Waals surface area contributed by atoms with Gasteiger partial charge in [0.2, 0.25) is 0 Å². The van der Waals surface area contributed by atoms with E-state index in [1.165, 1.54) is 12.8 Å². The molecule has 1 unspecified atom stereocenters. The van der Waals surface area contributed by atoms with Gasteiger partial charge in [-0.05, 0) is 57.0 Å². The predicted molar refractivity (Wildman–Crippen MR) is 97.9 cm³/mol. The fraction of sp³-hybridized carbons (Fsp3) is 0.611. The molecular weight excluding hydrogens is 304 g/mol. The van der Waals surface area contributed by atoms with Gasteiger partial charge < -0.3 is 25.4 Å². The van der Waals surface area contributed by atoms with Crippen molar-refractivity contribution in [1.29, 1.82) is 0 Å². The van der Waals surface area contributed by atoms with Crippen LogP contribution in [-0.4, -0.2) is 58.3 Å². The summed E-state index contributed by atoms with van der Waals surface area (Å²) in [4.78, 5) is 6.74. The number of likely N-dealkylation sites (N-methyl/N-ethyl adjacent to an activating group) is 1. The van der Waals surface area contributed by atoms with Gasteiger partial charge in [-0.15, -0.1) is 0 Å². The second-order valence-corrected chi connectivity index (χ2v) is 6.46. The molecule has 6 heteroatoms. The van der Waals surface area contributed by atoms with Crippen LogP contribution in [0.4, 0.5) is 0 Å². The average Bonchev–Trinajstić information content (AvgIpc) is 3.39. The van der Waals surface area contributed by atoms with Gasteiger partial charge in [0.1, 0.15) is 0 Å². The van der Waals surface area contributed by atoms with E-state index in [0.29, 0.717) is 12.0 Å². The Morgan fingerprint density at radius 2 is 2.00 bits per heavy atom. The first-order valence-corrected chi connectivity index (χ1v) is 8.46. The van der Waals surface area contributed by atoms with Crippen molar-refractivity contribution < 1.29 is 9.47 Å². The Bertz CT molecular complexity index is 554. The molecule has 24 heavy (non-hydrogen) atoms. The van der Waals surface area contributed by atoms with Crippen LogP contribution in [0.2, 0.25) is 0 Å². The van der Waals surface area contributed by atoms with Crippen LogP contribution >= 0.6 is 0 Å². The number of nitrogens with zero attached hydrogens (tertiary/aromatic N) is 2. The summed E-state index contributed by atoms with van der Waals surface area (Å²) in [5.41, 5.74) is 7.15. The third-order valence-electron chi connectivity index (χ3n) is 4.45. The lowest BCUT2D eigenvalue weighted by atomic mass is 10.1. The van der Waals surface area contributed by atoms with Crippen LogP contribution in [0.25, 0.3) is 0 Å². The first-order chi connectivity index (χ1) is 11.5. The van der Waals surface area contributed by atoms with Gasteiger partial charge in [0.05, 0.1) is 20.8 Å². The molecule has 0 aromatic heterocycles. The minimum Gasteiger partial charge on any atom is -0.493 e. The molecule has 1 aromatic carbocycles. The summed E-state index contributed by atoms with van der Waals surface area (Å²) in [6.45, 7) is 1.49. The topological polar surface area (TPSA) is 72.1 Å². The summed E-state index contributed by atoms with van der Waals surface area (Å²) >= 11 is 0. The highest BCUT2D eigenvalue weighted by Gasteiger charge is 2.32. The van der Waals surface area contributed by atoms with Gasteiger partial charge in [0.25, 0.3) is 0 Å². The minimum absolute atomic E-state index is 0.496. The zero-order valence-corrected chi connectivity index (χ0v) is 15.2. The number of methoxy groups -OCH3 is 2. The highest BCUT2D eigenvalue weighted by atomic mass is 16.5. The summed E-state index contributed by atoms with van der Waals surface area (Å²) in [6, 6.07) is 6.44. The van der Waals surface area contributed by atoms with E-state index >= 15 is 0 Å². The van der Waals surface area contributed by atoms with Gasteiger partial charge in [-0.25, -0.2) is 0 Å². The molecule has 0 spiro atoms. The molecule has 6 nitrogen and oxygen atoms in total. The SMILES string of the molecule is COc1ccc(CCNC(N)=NCC(C2CC2)N(C)C)cc1OC. The van der Waals surface area contributed by atoms with Gasteiger partial charge in [-0.1, -0.05) is 6.07 Å². The van der Waals surface area contributed by atoms with Crippen molar-refractivity contribution in [2.45, 2.75) is 25.3 Å². The van der Waals surface area contributed by atoms with Crippen molar-refractivity contribution in [1.82, 2.24) is 10.2 Å². The van der Waals surface area contributed by atoms with Crippen LogP contribution in [0.15, 0.2) is 23.2 Å². The molecule has 1 aliphatic rings. The van der Waals surface area contributed by atoms with Crippen molar-refractivity contribution in [3.63, 3.8) is 0 Å². The summed E-state index contributed by atoms with van der Waals surface area (Å²) in [5.74, 6) is 2.78. The number of rotatable bonds is 9. The fourth-order valence-corrected chi connectivity index (χ4v) is 2.83. The van der Waals surface area contributed by atoms with E-state index in [1.807, 2.05) is 18.2 Å². The lowest BCUT2D eigenvalue weighted by Crippen LogP contribution is -2.37. The van der Waals surface area contributed by atoms with Crippen molar-refractivity contribution in [2.75, 3.05) is 41.4 Å². The van der Waals surface area contributed by atoms with E-state index < -0.39 is 0 Å². The highest BCUT2D eigenvalue weighted by molar-refractivity contribution is 5.77. The number of nitrogens with one attached hydrogen (secondary N) is 1. The summed E-state index contributed by atoms with van der Waals surface area (Å²) < 4.78 is 10.6. The number of hydrogen-bond acceptors (Lipinski definition) is 4. The molecule has 1 atom stereocenters. The molecule has 0 aliphatic heterocycles. The zero-order valence-electron chi connectivity index (χ0n) is 15.2. The fourth-order valence-electron chi connectivity index (χ4n) is 2.83. The lowest BCUT2D eigenvalue weighted by molar-refractivity contribution is 0.271. The van der Waals surface area contributed by atoms with Crippen LogP contribution in [0.3, 0.4) is 0 Å². The van der Waals surface area contributed by atoms with E-state index in [2.05, 4.69) is 29.3 Å². The largest absolute Gasteiger partial charge is 0.493 e. The molecular formula is C18H30N4O2. The Morgan fingerprint density at radius 1 is 1.29 bits per heavy atom. The monoisotopic (exact) mass is 334 g/mol. The van der Waals surface area contributed by atoms with E-state index in [-0.39, 0.29) is 0 Å². The second kappa shape index (κ2) is 8.78. The van der Waals surface area contributed by atoms with Crippen LogP contribution in [0, 0.1) is 5.92 Å². The van der Waals surface area contributed by atoms with Crippen molar-refractivity contribution in [3.05, 3.63) is 23.8 Å². The molecule has 1 saturated carbocycles. The Hall–Kier alpha value is -1.95. The van der Waals surface area contributed by atoms with Crippen LogP contribution in [-0.2, 0) is 6.42 Å². The molecule has 2 rings (SSSR count). The quantitative estimate of drug-likeness (QED) is 0.529. The number of ether oxygens (including phenoxy) is 2. The molecule has 1 aromatic rings. The van der Waals surface area contributed by atoms with Gasteiger partial charge in [0.15, 0.2) is 17.5 Å². The van der Waals surface area contributed by atoms with Crippen LogP contribution < -0.4 is 20.5 Å². The van der Waals surface area contributed by atoms with Crippen LogP contribution in [0.5, 0.6) is 11.5 Å². The Kier molecular flexibility index (Phi) is 6.73. The maximum atomic E-state index is 5.98. The Labute approximate surface area is 145 Å². The van der Waals surface area contributed by atoms with Crippen molar-refractivity contribution in [2.24, 2.45) is 16.6 Å². The molecule has 0 radical (unpaired) electrons. The Balaban J connectivity index is 1.79. The van der Waals surface area contributed by atoms with Crippen molar-refractivity contribution in [3.8, 4) is 11.5 Å². The summed E-state index contributed by atoms with van der Waals surface area (Å²) in [5, 5.41) is 3.19. The number of nitrogens with two attached hydrogens (primary N) is 1. The zero-order chi connectivity index (χ0) is 17.5. The number of aliphatic imine (C=N–C) groups is 1. The molecule has 134 valence electrons. The third-order valence-corrected chi connectivity index (χ3v) is 4.45. The average molecular weight is 334 g/mol. The maximum Gasteiger partial charge on any atom is 0.188 e. The molecule has 0 heterocycles. The molecule has 3 N–H and O–H groups in total. The van der Waals surface area contributed by atoms with Gasteiger partial charge in [-0.3, -0.25) is 4.99 Å².